The van der Waals surface area contributed by atoms with Gasteiger partial charge in [-0.25, -0.2) is 0 Å². The van der Waals surface area contributed by atoms with Crippen molar-refractivity contribution < 1.29 is 4.79 Å². The fourth-order valence-electron chi connectivity index (χ4n) is 0.861. The second-order valence-corrected chi connectivity index (χ2v) is 3.27. The molecule has 0 atom stereocenters. The van der Waals surface area contributed by atoms with Crippen LogP contribution in [0.4, 0.5) is 0 Å². The fourth-order valence-corrected chi connectivity index (χ4v) is 1.56. The highest BCUT2D eigenvalue weighted by Crippen LogP contribution is 2.11. The maximum absolute atomic E-state index is 11.3. The first-order valence-electron chi connectivity index (χ1n) is 3.81. The van der Waals surface area contributed by atoms with Gasteiger partial charge in [-0.1, -0.05) is 6.07 Å². The molecule has 0 saturated carbocycles. The molecule has 1 nitrogen and oxygen atoms in total. The van der Waals surface area contributed by atoms with E-state index in [-0.39, 0.29) is 5.78 Å². The molecule has 1 aromatic heterocycles. The lowest BCUT2D eigenvalue weighted by molar-refractivity contribution is 0.0988. The van der Waals surface area contributed by atoms with Gasteiger partial charge in [-0.05, 0) is 18.4 Å². The minimum absolute atomic E-state index is 0.202. The quantitative estimate of drug-likeness (QED) is 0.514. The molecular formula is C10H10OS. The van der Waals surface area contributed by atoms with Crippen molar-refractivity contribution in [3.05, 3.63) is 22.4 Å². The smallest absolute Gasteiger partial charge is 0.173 e. The summed E-state index contributed by atoms with van der Waals surface area (Å²) in [6, 6.07) is 3.75. The second kappa shape index (κ2) is 4.74. The molecule has 1 aromatic rings. The average molecular weight is 178 g/mol. The van der Waals surface area contributed by atoms with Crippen molar-refractivity contribution in [1.29, 1.82) is 0 Å². The molecule has 0 aromatic carbocycles. The first-order valence-corrected chi connectivity index (χ1v) is 4.69. The van der Waals surface area contributed by atoms with Crippen LogP contribution >= 0.6 is 11.3 Å². The lowest BCUT2D eigenvalue weighted by Crippen LogP contribution is -1.93. The van der Waals surface area contributed by atoms with Gasteiger partial charge < -0.3 is 0 Å². The summed E-state index contributed by atoms with van der Waals surface area (Å²) < 4.78 is 0. The zero-order chi connectivity index (χ0) is 8.81. The van der Waals surface area contributed by atoms with E-state index in [1.807, 2.05) is 17.5 Å². The van der Waals surface area contributed by atoms with Gasteiger partial charge >= 0.3 is 0 Å². The Hall–Kier alpha value is -1.07. The Morgan fingerprint density at radius 3 is 3.08 bits per heavy atom. The first kappa shape index (κ1) is 9.02. The summed E-state index contributed by atoms with van der Waals surface area (Å²) in [7, 11) is 0. The molecule has 1 rings (SSSR count). The summed E-state index contributed by atoms with van der Waals surface area (Å²) in [5.41, 5.74) is 0. The van der Waals surface area contributed by atoms with Gasteiger partial charge in [0.05, 0.1) is 4.88 Å². The zero-order valence-corrected chi connectivity index (χ0v) is 7.78. The summed E-state index contributed by atoms with van der Waals surface area (Å²) in [6.45, 7) is 1.79. The Morgan fingerprint density at radius 2 is 2.50 bits per heavy atom. The number of rotatable bonds is 3. The Morgan fingerprint density at radius 1 is 1.67 bits per heavy atom. The van der Waals surface area contributed by atoms with Gasteiger partial charge in [0.1, 0.15) is 0 Å². The van der Waals surface area contributed by atoms with E-state index in [9.17, 15) is 4.79 Å². The maximum Gasteiger partial charge on any atom is 0.173 e. The topological polar surface area (TPSA) is 17.1 Å². The zero-order valence-electron chi connectivity index (χ0n) is 6.96. The summed E-state index contributed by atoms with van der Waals surface area (Å²) in [6.07, 6.45) is 1.22. The lowest BCUT2D eigenvalue weighted by Gasteiger charge is -1.90. The first-order chi connectivity index (χ1) is 5.84. The molecule has 0 N–H and O–H groups in total. The number of Topliss-reactive ketones (excluding diaryl/α,β-unsaturated/α-hetero) is 1. The van der Waals surface area contributed by atoms with Crippen LogP contribution < -0.4 is 0 Å². The minimum Gasteiger partial charge on any atom is -0.293 e. The van der Waals surface area contributed by atoms with Gasteiger partial charge in [-0.2, -0.15) is 0 Å². The summed E-state index contributed by atoms with van der Waals surface area (Å²) in [5.74, 6) is 5.85. The molecule has 0 aliphatic heterocycles. The van der Waals surface area contributed by atoms with Crippen LogP contribution in [0.15, 0.2) is 17.5 Å². The van der Waals surface area contributed by atoms with Gasteiger partial charge in [0.15, 0.2) is 5.78 Å². The Balaban J connectivity index is 2.43. The summed E-state index contributed by atoms with van der Waals surface area (Å²) >= 11 is 1.49. The molecule has 0 amide bonds. The standard InChI is InChI=1S/C10H10OS/c1-2-3-4-6-9(11)10-7-5-8-12-10/h5,7-8H,4,6H2,1H3. The normalized spacial score (nSPS) is 8.75. The highest BCUT2D eigenvalue weighted by Gasteiger charge is 2.04. The van der Waals surface area contributed by atoms with Crippen LogP contribution in [0.3, 0.4) is 0 Å². The van der Waals surface area contributed by atoms with Gasteiger partial charge in [-0.3, -0.25) is 4.79 Å². The molecule has 0 saturated heterocycles. The third-order valence-electron chi connectivity index (χ3n) is 1.45. The molecule has 12 heavy (non-hydrogen) atoms. The molecule has 62 valence electrons. The number of ketones is 1. The van der Waals surface area contributed by atoms with Gasteiger partial charge in [0.2, 0.25) is 0 Å². The molecule has 0 radical (unpaired) electrons. The molecule has 1 heterocycles. The highest BCUT2D eigenvalue weighted by molar-refractivity contribution is 7.12. The molecule has 0 unspecified atom stereocenters. The van der Waals surface area contributed by atoms with Gasteiger partial charge in [-0.15, -0.1) is 23.2 Å². The molecule has 0 aliphatic rings. The van der Waals surface area contributed by atoms with E-state index in [0.717, 1.165) is 4.88 Å². The SMILES string of the molecule is CC#CCCC(=O)c1cccs1. The average Bonchev–Trinajstić information content (AvgIpc) is 2.56. The largest absolute Gasteiger partial charge is 0.293 e. The van der Waals surface area contributed by atoms with Gasteiger partial charge in [0.25, 0.3) is 0 Å². The predicted molar refractivity (Wildman–Crippen MR) is 51.3 cm³/mol. The maximum atomic E-state index is 11.3. The molecule has 0 bridgehead atoms. The molecule has 0 fully saturated rings. The van der Waals surface area contributed by atoms with E-state index < -0.39 is 0 Å². The van der Waals surface area contributed by atoms with E-state index in [2.05, 4.69) is 11.8 Å². The van der Waals surface area contributed by atoms with Crippen LogP contribution in [0.2, 0.25) is 0 Å². The van der Waals surface area contributed by atoms with Crippen molar-refractivity contribution in [3.63, 3.8) is 0 Å². The number of hydrogen-bond acceptors (Lipinski definition) is 2. The Labute approximate surface area is 76.4 Å². The van der Waals surface area contributed by atoms with Crippen LogP contribution in [0, 0.1) is 11.8 Å². The van der Waals surface area contributed by atoms with Crippen LogP contribution in [0.1, 0.15) is 29.4 Å². The Bertz CT molecular complexity index is 300. The van der Waals surface area contributed by atoms with Crippen LogP contribution in [0.25, 0.3) is 0 Å². The van der Waals surface area contributed by atoms with Crippen LogP contribution in [-0.4, -0.2) is 5.78 Å². The number of carbonyl (C=O) groups is 1. The van der Waals surface area contributed by atoms with Crippen molar-refractivity contribution in [2.75, 3.05) is 0 Å². The minimum atomic E-state index is 0.202. The number of hydrogen-bond donors (Lipinski definition) is 0. The fraction of sp³-hybridized carbons (Fsp3) is 0.300. The third-order valence-corrected chi connectivity index (χ3v) is 2.36. The van der Waals surface area contributed by atoms with E-state index in [4.69, 9.17) is 0 Å². The van der Waals surface area contributed by atoms with E-state index in [1.165, 1.54) is 11.3 Å². The summed E-state index contributed by atoms with van der Waals surface area (Å²) in [5, 5.41) is 1.92. The van der Waals surface area contributed by atoms with Crippen LogP contribution in [0.5, 0.6) is 0 Å². The van der Waals surface area contributed by atoms with E-state index >= 15 is 0 Å². The van der Waals surface area contributed by atoms with Crippen LogP contribution in [-0.2, 0) is 0 Å². The van der Waals surface area contributed by atoms with Crippen molar-refractivity contribution >= 4 is 17.1 Å². The highest BCUT2D eigenvalue weighted by atomic mass is 32.1. The molecule has 2 heteroatoms. The van der Waals surface area contributed by atoms with Crippen molar-refractivity contribution in [3.8, 4) is 11.8 Å². The number of carbonyl (C=O) groups excluding carboxylic acids is 1. The predicted octanol–water partition coefficient (Wildman–Crippen LogP) is 2.73. The van der Waals surface area contributed by atoms with E-state index in [0.29, 0.717) is 12.8 Å². The van der Waals surface area contributed by atoms with Crippen molar-refractivity contribution in [2.24, 2.45) is 0 Å². The van der Waals surface area contributed by atoms with Crippen molar-refractivity contribution in [2.45, 2.75) is 19.8 Å². The third kappa shape index (κ3) is 2.52. The number of thiophene rings is 1. The van der Waals surface area contributed by atoms with Crippen molar-refractivity contribution in [1.82, 2.24) is 0 Å². The molecular weight excluding hydrogens is 168 g/mol. The van der Waals surface area contributed by atoms with Gasteiger partial charge in [0, 0.05) is 12.8 Å². The van der Waals surface area contributed by atoms with E-state index in [1.54, 1.807) is 6.92 Å². The Kier molecular flexibility index (Phi) is 3.56. The monoisotopic (exact) mass is 178 g/mol. The molecule has 0 aliphatic carbocycles. The summed E-state index contributed by atoms with van der Waals surface area (Å²) in [4.78, 5) is 12.2. The lowest BCUT2D eigenvalue weighted by atomic mass is 10.2. The molecule has 0 spiro atoms. The second-order valence-electron chi connectivity index (χ2n) is 2.33.